The van der Waals surface area contributed by atoms with E-state index in [0.717, 1.165) is 17.3 Å². The van der Waals surface area contributed by atoms with E-state index in [1.54, 1.807) is 42.5 Å². The molecule has 23 heavy (non-hydrogen) atoms. The normalized spacial score (nSPS) is 13.5. The minimum absolute atomic E-state index is 0.0452. The van der Waals surface area contributed by atoms with E-state index in [9.17, 15) is 9.59 Å². The molecule has 0 aliphatic heterocycles. The summed E-state index contributed by atoms with van der Waals surface area (Å²) in [4.78, 5) is 23.9. The SMILES string of the molecule is O=C(Nc1ccc(Br)cc1Cl)c1ccc(NC(=O)C2CC2)cc1. The van der Waals surface area contributed by atoms with Crippen LogP contribution in [0, 0.1) is 5.92 Å². The molecule has 2 amide bonds. The summed E-state index contributed by atoms with van der Waals surface area (Å²) in [7, 11) is 0. The number of anilines is 2. The van der Waals surface area contributed by atoms with Gasteiger partial charge in [0.05, 0.1) is 10.7 Å². The molecule has 2 N–H and O–H groups in total. The Morgan fingerprint density at radius 2 is 1.74 bits per heavy atom. The first-order chi connectivity index (χ1) is 11.0. The molecule has 2 aromatic carbocycles. The minimum Gasteiger partial charge on any atom is -0.326 e. The quantitative estimate of drug-likeness (QED) is 0.791. The van der Waals surface area contributed by atoms with Gasteiger partial charge in [-0.25, -0.2) is 0 Å². The Bertz CT molecular complexity index is 758. The van der Waals surface area contributed by atoms with Crippen molar-refractivity contribution >= 4 is 50.7 Å². The average molecular weight is 394 g/mol. The van der Waals surface area contributed by atoms with Crippen LogP contribution in [0.1, 0.15) is 23.2 Å². The highest BCUT2D eigenvalue weighted by Gasteiger charge is 2.29. The second kappa shape index (κ2) is 6.72. The third-order valence-corrected chi connectivity index (χ3v) is 4.35. The van der Waals surface area contributed by atoms with Crippen LogP contribution in [-0.4, -0.2) is 11.8 Å². The topological polar surface area (TPSA) is 58.2 Å². The number of benzene rings is 2. The van der Waals surface area contributed by atoms with E-state index < -0.39 is 0 Å². The van der Waals surface area contributed by atoms with Crippen molar-refractivity contribution in [1.82, 2.24) is 0 Å². The van der Waals surface area contributed by atoms with Crippen LogP contribution in [0.2, 0.25) is 5.02 Å². The molecule has 6 heteroatoms. The smallest absolute Gasteiger partial charge is 0.255 e. The third kappa shape index (κ3) is 4.12. The van der Waals surface area contributed by atoms with Crippen molar-refractivity contribution in [3.63, 3.8) is 0 Å². The average Bonchev–Trinajstić information content (AvgIpc) is 3.35. The molecule has 1 aliphatic carbocycles. The summed E-state index contributed by atoms with van der Waals surface area (Å²) in [6.07, 6.45) is 1.92. The summed E-state index contributed by atoms with van der Waals surface area (Å²) < 4.78 is 0.844. The van der Waals surface area contributed by atoms with Gasteiger partial charge in [0, 0.05) is 21.6 Å². The Hall–Kier alpha value is -1.85. The summed E-state index contributed by atoms with van der Waals surface area (Å²) in [6.45, 7) is 0. The number of carbonyl (C=O) groups is 2. The van der Waals surface area contributed by atoms with Gasteiger partial charge in [0.1, 0.15) is 0 Å². The monoisotopic (exact) mass is 392 g/mol. The first-order valence-corrected chi connectivity index (χ1v) is 8.37. The van der Waals surface area contributed by atoms with Crippen LogP contribution in [0.15, 0.2) is 46.9 Å². The third-order valence-electron chi connectivity index (χ3n) is 3.54. The van der Waals surface area contributed by atoms with Crippen LogP contribution < -0.4 is 10.6 Å². The molecule has 1 saturated carbocycles. The van der Waals surface area contributed by atoms with Crippen molar-refractivity contribution in [2.24, 2.45) is 5.92 Å². The predicted octanol–water partition coefficient (Wildman–Crippen LogP) is 4.70. The fourth-order valence-electron chi connectivity index (χ4n) is 2.08. The summed E-state index contributed by atoms with van der Waals surface area (Å²) in [6, 6.07) is 12.0. The Morgan fingerprint density at radius 3 is 2.35 bits per heavy atom. The summed E-state index contributed by atoms with van der Waals surface area (Å²) in [5.41, 5.74) is 1.74. The Labute approximate surface area is 147 Å². The molecule has 0 spiro atoms. The van der Waals surface area contributed by atoms with Gasteiger partial charge in [0.2, 0.25) is 5.91 Å². The van der Waals surface area contributed by atoms with E-state index in [1.807, 2.05) is 0 Å². The maximum atomic E-state index is 12.2. The lowest BCUT2D eigenvalue weighted by molar-refractivity contribution is -0.117. The lowest BCUT2D eigenvalue weighted by atomic mass is 10.2. The van der Waals surface area contributed by atoms with Crippen LogP contribution in [-0.2, 0) is 4.79 Å². The molecule has 0 saturated heterocycles. The van der Waals surface area contributed by atoms with E-state index in [-0.39, 0.29) is 17.7 Å². The standard InChI is InChI=1S/C17H14BrClN2O2/c18-12-5-8-15(14(19)9-12)21-17(23)11-3-6-13(7-4-11)20-16(22)10-1-2-10/h3-10H,1-2H2,(H,20,22)(H,21,23). The van der Waals surface area contributed by atoms with Crippen molar-refractivity contribution in [2.45, 2.75) is 12.8 Å². The van der Waals surface area contributed by atoms with Gasteiger partial charge >= 0.3 is 0 Å². The number of hydrogen-bond acceptors (Lipinski definition) is 2. The number of carbonyl (C=O) groups excluding carboxylic acids is 2. The van der Waals surface area contributed by atoms with Gasteiger partial charge in [0.25, 0.3) is 5.91 Å². The van der Waals surface area contributed by atoms with Crippen molar-refractivity contribution in [3.05, 3.63) is 57.5 Å². The Kier molecular flexibility index (Phi) is 4.68. The van der Waals surface area contributed by atoms with E-state index in [1.165, 1.54) is 0 Å². The Balaban J connectivity index is 1.66. The van der Waals surface area contributed by atoms with E-state index in [2.05, 4.69) is 26.6 Å². The first kappa shape index (κ1) is 16.0. The largest absolute Gasteiger partial charge is 0.326 e. The number of hydrogen-bond donors (Lipinski definition) is 2. The molecule has 2 aromatic rings. The van der Waals surface area contributed by atoms with Crippen LogP contribution in [0.3, 0.4) is 0 Å². The maximum Gasteiger partial charge on any atom is 0.255 e. The zero-order chi connectivity index (χ0) is 16.4. The van der Waals surface area contributed by atoms with Gasteiger partial charge in [-0.1, -0.05) is 27.5 Å². The van der Waals surface area contributed by atoms with Crippen LogP contribution in [0.25, 0.3) is 0 Å². The lowest BCUT2D eigenvalue weighted by Gasteiger charge is -2.09. The van der Waals surface area contributed by atoms with E-state index in [4.69, 9.17) is 11.6 Å². The molecule has 3 rings (SSSR count). The molecule has 1 fully saturated rings. The predicted molar refractivity (Wildman–Crippen MR) is 94.9 cm³/mol. The van der Waals surface area contributed by atoms with Crippen molar-refractivity contribution in [2.75, 3.05) is 10.6 Å². The zero-order valence-electron chi connectivity index (χ0n) is 12.1. The molecule has 0 heterocycles. The fourth-order valence-corrected chi connectivity index (χ4v) is 2.80. The highest BCUT2D eigenvalue weighted by molar-refractivity contribution is 9.10. The second-order valence-corrected chi connectivity index (χ2v) is 6.74. The highest BCUT2D eigenvalue weighted by atomic mass is 79.9. The van der Waals surface area contributed by atoms with Gasteiger partial charge in [-0.2, -0.15) is 0 Å². The first-order valence-electron chi connectivity index (χ1n) is 7.20. The second-order valence-electron chi connectivity index (χ2n) is 5.42. The van der Waals surface area contributed by atoms with E-state index in [0.29, 0.717) is 22.0 Å². The molecular weight excluding hydrogens is 380 g/mol. The zero-order valence-corrected chi connectivity index (χ0v) is 14.4. The molecule has 0 bridgehead atoms. The van der Waals surface area contributed by atoms with Crippen LogP contribution in [0.5, 0.6) is 0 Å². The molecule has 0 aromatic heterocycles. The number of amides is 2. The van der Waals surface area contributed by atoms with Gasteiger partial charge in [-0.15, -0.1) is 0 Å². The number of rotatable bonds is 4. The lowest BCUT2D eigenvalue weighted by Crippen LogP contribution is -2.14. The fraction of sp³-hybridized carbons (Fsp3) is 0.176. The van der Waals surface area contributed by atoms with Crippen LogP contribution in [0.4, 0.5) is 11.4 Å². The molecule has 1 aliphatic rings. The highest BCUT2D eigenvalue weighted by Crippen LogP contribution is 2.30. The molecule has 118 valence electrons. The molecule has 4 nitrogen and oxygen atoms in total. The van der Waals surface area contributed by atoms with Gasteiger partial charge < -0.3 is 10.6 Å². The van der Waals surface area contributed by atoms with Crippen LogP contribution >= 0.6 is 27.5 Å². The van der Waals surface area contributed by atoms with Crippen molar-refractivity contribution in [1.29, 1.82) is 0 Å². The summed E-state index contributed by atoms with van der Waals surface area (Å²) in [5, 5.41) is 6.06. The molecule has 0 radical (unpaired) electrons. The van der Waals surface area contributed by atoms with Gasteiger partial charge in [0.15, 0.2) is 0 Å². The summed E-state index contributed by atoms with van der Waals surface area (Å²) in [5.74, 6) is -0.0596. The van der Waals surface area contributed by atoms with Crippen molar-refractivity contribution < 1.29 is 9.59 Å². The van der Waals surface area contributed by atoms with Gasteiger partial charge in [-0.3, -0.25) is 9.59 Å². The molecule has 0 unspecified atom stereocenters. The van der Waals surface area contributed by atoms with Gasteiger partial charge in [-0.05, 0) is 55.3 Å². The Morgan fingerprint density at radius 1 is 1.04 bits per heavy atom. The molecule has 0 atom stereocenters. The maximum absolute atomic E-state index is 12.2. The van der Waals surface area contributed by atoms with E-state index >= 15 is 0 Å². The minimum atomic E-state index is -0.255. The summed E-state index contributed by atoms with van der Waals surface area (Å²) >= 11 is 9.40. The molecular formula is C17H14BrClN2O2. The van der Waals surface area contributed by atoms with Crippen molar-refractivity contribution in [3.8, 4) is 0 Å². The number of halogens is 2. The number of nitrogens with one attached hydrogen (secondary N) is 2.